The van der Waals surface area contributed by atoms with Crippen LogP contribution in [0.25, 0.3) is 5.76 Å². The van der Waals surface area contributed by atoms with E-state index in [1.54, 1.807) is 36.4 Å². The molecule has 0 bridgehead atoms. The highest BCUT2D eigenvalue weighted by molar-refractivity contribution is 6.51. The molecule has 32 heavy (non-hydrogen) atoms. The Balaban J connectivity index is 1.90. The van der Waals surface area contributed by atoms with E-state index in [1.165, 1.54) is 29.4 Å². The quantitative estimate of drug-likeness (QED) is 0.203. The zero-order valence-electron chi connectivity index (χ0n) is 16.9. The molecule has 162 valence electrons. The van der Waals surface area contributed by atoms with Crippen LogP contribution < -0.4 is 9.64 Å². The van der Waals surface area contributed by atoms with Crippen LogP contribution in [0.2, 0.25) is 0 Å². The lowest BCUT2D eigenvalue weighted by Gasteiger charge is -2.23. The molecule has 1 unspecified atom stereocenters. The summed E-state index contributed by atoms with van der Waals surface area (Å²) >= 11 is 0. The van der Waals surface area contributed by atoms with Crippen molar-refractivity contribution in [3.05, 3.63) is 93.9 Å². The number of benzene rings is 2. The average molecular weight is 434 g/mol. The fourth-order valence-electron chi connectivity index (χ4n) is 3.63. The normalized spacial score (nSPS) is 17.5. The van der Waals surface area contributed by atoms with E-state index in [-0.39, 0.29) is 22.6 Å². The molecule has 1 aliphatic heterocycles. The van der Waals surface area contributed by atoms with Gasteiger partial charge in [0.05, 0.1) is 23.4 Å². The molecule has 2 heterocycles. The first-order valence-electron chi connectivity index (χ1n) is 9.74. The number of nitrogens with zero attached hydrogens (tertiary/aromatic N) is 2. The molecule has 1 fully saturated rings. The molecule has 3 aromatic rings. The maximum Gasteiger partial charge on any atom is 0.300 e. The minimum absolute atomic E-state index is 0.0387. The third-order valence-corrected chi connectivity index (χ3v) is 4.99. The minimum Gasteiger partial charge on any atom is -0.507 e. The van der Waals surface area contributed by atoms with Crippen LogP contribution in [0.15, 0.2) is 76.9 Å². The summed E-state index contributed by atoms with van der Waals surface area (Å²) in [6, 6.07) is 14.0. The monoisotopic (exact) mass is 434 g/mol. The van der Waals surface area contributed by atoms with Crippen LogP contribution >= 0.6 is 0 Å². The van der Waals surface area contributed by atoms with E-state index in [0.717, 1.165) is 6.07 Å². The first-order valence-corrected chi connectivity index (χ1v) is 9.74. The number of rotatable bonds is 6. The third kappa shape index (κ3) is 3.60. The number of ether oxygens (including phenoxy) is 1. The van der Waals surface area contributed by atoms with Crippen molar-refractivity contribution in [2.45, 2.75) is 13.0 Å². The Morgan fingerprint density at radius 2 is 1.94 bits per heavy atom. The predicted molar refractivity (Wildman–Crippen MR) is 114 cm³/mol. The van der Waals surface area contributed by atoms with Crippen molar-refractivity contribution in [3.8, 4) is 5.75 Å². The second kappa shape index (κ2) is 8.38. The highest BCUT2D eigenvalue weighted by atomic mass is 16.6. The summed E-state index contributed by atoms with van der Waals surface area (Å²) in [5.41, 5.74) is -0.0798. The van der Waals surface area contributed by atoms with E-state index < -0.39 is 28.4 Å². The van der Waals surface area contributed by atoms with Gasteiger partial charge in [0, 0.05) is 29.4 Å². The van der Waals surface area contributed by atoms with E-state index in [1.807, 2.05) is 6.92 Å². The van der Waals surface area contributed by atoms with Crippen molar-refractivity contribution >= 4 is 28.8 Å². The first-order chi connectivity index (χ1) is 15.4. The Morgan fingerprint density at radius 3 is 2.62 bits per heavy atom. The molecule has 2 aromatic carbocycles. The molecule has 1 atom stereocenters. The summed E-state index contributed by atoms with van der Waals surface area (Å²) in [5.74, 6) is -1.58. The zero-order valence-corrected chi connectivity index (χ0v) is 16.9. The molecule has 0 radical (unpaired) electrons. The highest BCUT2D eigenvalue weighted by Crippen LogP contribution is 2.43. The SMILES string of the molecule is CCOc1cccc(N2C(=O)C(=O)/C(=C(\O)c3cccc([N+](=O)[O-])c3)C2c2ccco2)c1. The van der Waals surface area contributed by atoms with Gasteiger partial charge in [-0.25, -0.2) is 0 Å². The van der Waals surface area contributed by atoms with Crippen molar-refractivity contribution in [2.24, 2.45) is 0 Å². The molecule has 9 heteroatoms. The van der Waals surface area contributed by atoms with Gasteiger partial charge in [-0.15, -0.1) is 0 Å². The van der Waals surface area contributed by atoms with Crippen LogP contribution in [0, 0.1) is 10.1 Å². The van der Waals surface area contributed by atoms with Gasteiger partial charge in [0.15, 0.2) is 0 Å². The van der Waals surface area contributed by atoms with Crippen molar-refractivity contribution in [1.82, 2.24) is 0 Å². The summed E-state index contributed by atoms with van der Waals surface area (Å²) in [7, 11) is 0. The number of carbonyl (C=O) groups is 2. The smallest absolute Gasteiger partial charge is 0.300 e. The minimum atomic E-state index is -1.07. The molecule has 1 saturated heterocycles. The molecule has 1 aliphatic rings. The van der Waals surface area contributed by atoms with Crippen LogP contribution in [-0.4, -0.2) is 28.3 Å². The number of nitro benzene ring substituents is 1. The number of ketones is 1. The van der Waals surface area contributed by atoms with Gasteiger partial charge >= 0.3 is 0 Å². The largest absolute Gasteiger partial charge is 0.507 e. The molecule has 0 saturated carbocycles. The molecule has 1 amide bonds. The van der Waals surface area contributed by atoms with Gasteiger partial charge in [-0.3, -0.25) is 24.6 Å². The Morgan fingerprint density at radius 1 is 1.16 bits per heavy atom. The van der Waals surface area contributed by atoms with Crippen LogP contribution in [0.3, 0.4) is 0 Å². The number of aliphatic hydroxyl groups excluding tert-OH is 1. The highest BCUT2D eigenvalue weighted by Gasteiger charge is 2.48. The number of amides is 1. The predicted octanol–water partition coefficient (Wildman–Crippen LogP) is 4.21. The lowest BCUT2D eigenvalue weighted by atomic mass is 9.99. The molecular weight excluding hydrogens is 416 g/mol. The van der Waals surface area contributed by atoms with E-state index >= 15 is 0 Å². The van der Waals surface area contributed by atoms with Crippen LogP contribution in [0.4, 0.5) is 11.4 Å². The number of aliphatic hydroxyl groups is 1. The summed E-state index contributed by atoms with van der Waals surface area (Å²) in [5, 5.41) is 22.1. The van der Waals surface area contributed by atoms with Gasteiger partial charge in [0.2, 0.25) is 0 Å². The maximum atomic E-state index is 13.0. The summed E-state index contributed by atoms with van der Waals surface area (Å²) < 4.78 is 11.0. The lowest BCUT2D eigenvalue weighted by Crippen LogP contribution is -2.29. The Hall–Kier alpha value is -4.40. The van der Waals surface area contributed by atoms with Crippen molar-refractivity contribution in [3.63, 3.8) is 0 Å². The van der Waals surface area contributed by atoms with E-state index in [0.29, 0.717) is 18.0 Å². The third-order valence-electron chi connectivity index (χ3n) is 4.99. The molecule has 0 spiro atoms. The summed E-state index contributed by atoms with van der Waals surface area (Å²) in [4.78, 5) is 37.8. The number of non-ortho nitro benzene ring substituents is 1. The molecular formula is C23H18N2O7. The zero-order chi connectivity index (χ0) is 22.8. The lowest BCUT2D eigenvalue weighted by molar-refractivity contribution is -0.384. The Kier molecular flexibility index (Phi) is 5.46. The number of hydrogen-bond donors (Lipinski definition) is 1. The number of nitro groups is 1. The van der Waals surface area contributed by atoms with Crippen molar-refractivity contribution in [2.75, 3.05) is 11.5 Å². The second-order valence-electron chi connectivity index (χ2n) is 6.92. The van der Waals surface area contributed by atoms with Gasteiger partial charge in [0.25, 0.3) is 17.4 Å². The summed E-state index contributed by atoms with van der Waals surface area (Å²) in [6.07, 6.45) is 1.39. The number of Topliss-reactive ketones (excluding diaryl/α,β-unsaturated/α-hetero) is 1. The molecule has 4 rings (SSSR count). The summed E-state index contributed by atoms with van der Waals surface area (Å²) in [6.45, 7) is 2.23. The first kappa shape index (κ1) is 20.9. The number of carbonyl (C=O) groups excluding carboxylic acids is 2. The van der Waals surface area contributed by atoms with Crippen LogP contribution in [0.5, 0.6) is 5.75 Å². The van der Waals surface area contributed by atoms with Crippen molar-refractivity contribution < 1.29 is 28.8 Å². The molecule has 9 nitrogen and oxygen atoms in total. The second-order valence-corrected chi connectivity index (χ2v) is 6.92. The number of furan rings is 1. The number of hydrogen-bond acceptors (Lipinski definition) is 7. The van der Waals surface area contributed by atoms with Gasteiger partial charge in [-0.2, -0.15) is 0 Å². The standard InChI is InChI=1S/C23H18N2O7/c1-2-31-17-9-4-7-15(13-17)24-20(18-10-5-11-32-18)19(22(27)23(24)28)21(26)14-6-3-8-16(12-14)25(29)30/h3-13,20,26H,2H2,1H3/b21-19-. The molecule has 0 aliphatic carbocycles. The van der Waals surface area contributed by atoms with Crippen molar-refractivity contribution in [1.29, 1.82) is 0 Å². The Labute approximate surface area is 182 Å². The van der Waals surface area contributed by atoms with Gasteiger partial charge in [-0.05, 0) is 31.2 Å². The van der Waals surface area contributed by atoms with Crippen LogP contribution in [0.1, 0.15) is 24.3 Å². The average Bonchev–Trinajstić information content (AvgIpc) is 3.41. The van der Waals surface area contributed by atoms with Gasteiger partial charge < -0.3 is 14.3 Å². The van der Waals surface area contributed by atoms with E-state index in [4.69, 9.17) is 9.15 Å². The topological polar surface area (TPSA) is 123 Å². The van der Waals surface area contributed by atoms with Crippen LogP contribution in [-0.2, 0) is 9.59 Å². The maximum absolute atomic E-state index is 13.0. The van der Waals surface area contributed by atoms with Gasteiger partial charge in [-0.1, -0.05) is 18.2 Å². The number of anilines is 1. The van der Waals surface area contributed by atoms with E-state index in [2.05, 4.69) is 0 Å². The van der Waals surface area contributed by atoms with E-state index in [9.17, 15) is 24.8 Å². The Bertz CT molecular complexity index is 1230. The fraction of sp³-hybridized carbons (Fsp3) is 0.130. The molecule has 1 N–H and O–H groups in total. The van der Waals surface area contributed by atoms with Gasteiger partial charge in [0.1, 0.15) is 23.3 Å². The molecule has 1 aromatic heterocycles. The fourth-order valence-corrected chi connectivity index (χ4v) is 3.63.